The molecule has 0 fully saturated rings. The topological polar surface area (TPSA) is 180 Å². The summed E-state index contributed by atoms with van der Waals surface area (Å²) in [7, 11) is 0. The first kappa shape index (κ1) is 20.2. The number of imide groups is 2. The van der Waals surface area contributed by atoms with Crippen molar-refractivity contribution in [3.05, 3.63) is 54.6 Å². The monoisotopic (exact) mass is 396 g/mol. The van der Waals surface area contributed by atoms with E-state index in [1.807, 2.05) is 0 Å². The molecule has 1 aliphatic rings. The predicted octanol–water partition coefficient (Wildman–Crippen LogP) is -0.436. The van der Waals surface area contributed by atoms with Crippen LogP contribution in [0.3, 0.4) is 0 Å². The second kappa shape index (κ2) is 8.07. The van der Waals surface area contributed by atoms with Crippen LogP contribution in [0, 0.1) is 27.2 Å². The molecule has 14 nitrogen and oxygen atoms in total. The summed E-state index contributed by atoms with van der Waals surface area (Å²) in [5.74, 6) is -2.51. The molecule has 0 radical (unpaired) electrons. The zero-order valence-corrected chi connectivity index (χ0v) is 14.2. The average Bonchev–Trinajstić information content (AvgIpc) is 2.85. The van der Waals surface area contributed by atoms with Gasteiger partial charge in [-0.1, -0.05) is 0 Å². The first-order valence-corrected chi connectivity index (χ1v) is 7.49. The highest BCUT2D eigenvalue weighted by Crippen LogP contribution is 2.26. The van der Waals surface area contributed by atoms with E-state index < -0.39 is 41.2 Å². The Morgan fingerprint density at radius 3 is 2.25 bits per heavy atom. The van der Waals surface area contributed by atoms with Crippen molar-refractivity contribution < 1.29 is 39.0 Å². The molecule has 0 unspecified atom stereocenters. The summed E-state index contributed by atoms with van der Waals surface area (Å²) < 4.78 is 0. The van der Waals surface area contributed by atoms with E-state index >= 15 is 0 Å². The van der Waals surface area contributed by atoms with E-state index in [0.29, 0.717) is 4.90 Å². The molecule has 28 heavy (non-hydrogen) atoms. The minimum absolute atomic E-state index is 0.0206. The lowest BCUT2D eigenvalue weighted by Gasteiger charge is -2.15. The van der Waals surface area contributed by atoms with E-state index in [1.165, 1.54) is 13.0 Å². The SMILES string of the molecule is Cc1cc2c(cc1C(=O)N(C=O)CO[N+](=O)[O-])C(=O)N(CCO[N+](=O)[O-])C2=O. The largest absolute Gasteiger partial charge is 0.312 e. The number of amides is 4. The lowest BCUT2D eigenvalue weighted by molar-refractivity contribution is -0.761. The Bertz CT molecular complexity index is 883. The number of hydrogen-bond donors (Lipinski definition) is 0. The van der Waals surface area contributed by atoms with Crippen LogP contribution in [-0.4, -0.2) is 64.0 Å². The van der Waals surface area contributed by atoms with E-state index in [0.717, 1.165) is 11.0 Å². The molecule has 2 rings (SSSR count). The van der Waals surface area contributed by atoms with Crippen molar-refractivity contribution in [2.75, 3.05) is 19.9 Å². The molecule has 0 aromatic heterocycles. The minimum Gasteiger partial charge on any atom is -0.312 e. The van der Waals surface area contributed by atoms with Crippen LogP contribution in [0.4, 0.5) is 0 Å². The third-order valence-corrected chi connectivity index (χ3v) is 3.75. The van der Waals surface area contributed by atoms with Crippen molar-refractivity contribution in [3.63, 3.8) is 0 Å². The number of carbonyl (C=O) groups excluding carboxylic acids is 4. The fraction of sp³-hybridized carbons (Fsp3) is 0.286. The highest BCUT2D eigenvalue weighted by Gasteiger charge is 2.37. The quantitative estimate of drug-likeness (QED) is 0.175. The third-order valence-electron chi connectivity index (χ3n) is 3.75. The van der Waals surface area contributed by atoms with Gasteiger partial charge in [0.1, 0.15) is 6.61 Å². The predicted molar refractivity (Wildman–Crippen MR) is 84.7 cm³/mol. The van der Waals surface area contributed by atoms with E-state index in [-0.39, 0.29) is 35.2 Å². The second-order valence-corrected chi connectivity index (χ2v) is 5.39. The van der Waals surface area contributed by atoms with Gasteiger partial charge in [0.2, 0.25) is 6.41 Å². The molecule has 1 aromatic rings. The van der Waals surface area contributed by atoms with Crippen LogP contribution in [0.1, 0.15) is 36.6 Å². The van der Waals surface area contributed by atoms with Gasteiger partial charge in [0, 0.05) is 5.56 Å². The summed E-state index contributed by atoms with van der Waals surface area (Å²) in [6, 6.07) is 2.32. The molecule has 0 saturated heterocycles. The lowest BCUT2D eigenvalue weighted by atomic mass is 9.99. The Kier molecular flexibility index (Phi) is 5.82. The smallest absolute Gasteiger partial charge is 0.296 e. The van der Waals surface area contributed by atoms with Crippen LogP contribution < -0.4 is 0 Å². The maximum Gasteiger partial charge on any atom is 0.296 e. The Morgan fingerprint density at radius 1 is 1.14 bits per heavy atom. The van der Waals surface area contributed by atoms with E-state index in [1.54, 1.807) is 0 Å². The van der Waals surface area contributed by atoms with Crippen molar-refractivity contribution in [1.29, 1.82) is 0 Å². The molecule has 1 aromatic carbocycles. The highest BCUT2D eigenvalue weighted by atomic mass is 17.0. The summed E-state index contributed by atoms with van der Waals surface area (Å²) in [4.78, 5) is 77.7. The zero-order chi connectivity index (χ0) is 21.0. The number of nitrogens with zero attached hydrogens (tertiary/aromatic N) is 4. The molecule has 0 atom stereocenters. The van der Waals surface area contributed by atoms with Gasteiger partial charge >= 0.3 is 0 Å². The normalized spacial score (nSPS) is 12.4. The maximum atomic E-state index is 12.4. The molecular formula is C14H12N4O10. The van der Waals surface area contributed by atoms with Gasteiger partial charge in [-0.2, -0.15) is 0 Å². The number of carbonyl (C=O) groups is 4. The fourth-order valence-corrected chi connectivity index (χ4v) is 2.49. The zero-order valence-electron chi connectivity index (χ0n) is 14.2. The highest BCUT2D eigenvalue weighted by molar-refractivity contribution is 6.22. The molecule has 1 aliphatic heterocycles. The minimum atomic E-state index is -1.19. The number of rotatable bonds is 9. The van der Waals surface area contributed by atoms with E-state index in [2.05, 4.69) is 9.68 Å². The molecule has 0 spiro atoms. The second-order valence-electron chi connectivity index (χ2n) is 5.39. The number of hydrogen-bond acceptors (Lipinski definition) is 10. The number of benzene rings is 1. The molecule has 0 bridgehead atoms. The summed E-state index contributed by atoms with van der Waals surface area (Å²) in [6.07, 6.45) is 0.0206. The lowest BCUT2D eigenvalue weighted by Crippen LogP contribution is -2.33. The van der Waals surface area contributed by atoms with Gasteiger partial charge in [0.15, 0.2) is 6.73 Å². The van der Waals surface area contributed by atoms with Crippen LogP contribution >= 0.6 is 0 Å². The van der Waals surface area contributed by atoms with Crippen molar-refractivity contribution in [3.8, 4) is 0 Å². The van der Waals surface area contributed by atoms with Gasteiger partial charge in [-0.15, -0.1) is 20.2 Å². The van der Waals surface area contributed by atoms with E-state index in [4.69, 9.17) is 0 Å². The fourth-order valence-electron chi connectivity index (χ4n) is 2.49. The molecule has 14 heteroatoms. The first-order valence-electron chi connectivity index (χ1n) is 7.49. The molecule has 0 saturated carbocycles. The van der Waals surface area contributed by atoms with Crippen molar-refractivity contribution in [1.82, 2.24) is 9.80 Å². The van der Waals surface area contributed by atoms with Gasteiger partial charge in [-0.25, -0.2) is 0 Å². The summed E-state index contributed by atoms with van der Waals surface area (Å²) in [5.41, 5.74) is -0.107. The summed E-state index contributed by atoms with van der Waals surface area (Å²) in [5, 5.41) is 18.2. The van der Waals surface area contributed by atoms with Crippen LogP contribution in [0.15, 0.2) is 12.1 Å². The summed E-state index contributed by atoms with van der Waals surface area (Å²) >= 11 is 0. The molecular weight excluding hydrogens is 384 g/mol. The molecule has 148 valence electrons. The Hall–Kier alpha value is -4.10. The molecule has 4 amide bonds. The van der Waals surface area contributed by atoms with Crippen LogP contribution in [0.2, 0.25) is 0 Å². The molecule has 0 aliphatic carbocycles. The van der Waals surface area contributed by atoms with Gasteiger partial charge in [0.05, 0.1) is 17.7 Å². The van der Waals surface area contributed by atoms with Gasteiger partial charge in [-0.3, -0.25) is 33.8 Å². The van der Waals surface area contributed by atoms with Gasteiger partial charge in [-0.05, 0) is 24.6 Å². The van der Waals surface area contributed by atoms with Crippen molar-refractivity contribution in [2.45, 2.75) is 6.92 Å². The van der Waals surface area contributed by atoms with E-state index in [9.17, 15) is 39.4 Å². The first-order chi connectivity index (χ1) is 13.2. The van der Waals surface area contributed by atoms with Gasteiger partial charge in [0.25, 0.3) is 27.9 Å². The molecule has 1 heterocycles. The van der Waals surface area contributed by atoms with Crippen LogP contribution in [0.25, 0.3) is 0 Å². The summed E-state index contributed by atoms with van der Waals surface area (Å²) in [6.45, 7) is -0.433. The number of aryl methyl sites for hydroxylation is 1. The average molecular weight is 396 g/mol. The number of fused-ring (bicyclic) bond motifs is 1. The van der Waals surface area contributed by atoms with Crippen LogP contribution in [0.5, 0.6) is 0 Å². The Labute approximate surface area is 155 Å². The molecule has 0 N–H and O–H groups in total. The third kappa shape index (κ3) is 4.00. The standard InChI is InChI=1S/C14H12N4O10/c1-8-4-10-11(14(22)16(13(10)21)2-3-27-17(23)24)5-9(8)12(20)15(6-19)7-28-18(25)26/h4-6H,2-3,7H2,1H3. The van der Waals surface area contributed by atoms with Crippen molar-refractivity contribution >= 4 is 24.1 Å². The maximum absolute atomic E-state index is 12.4. The van der Waals surface area contributed by atoms with Crippen LogP contribution in [-0.2, 0) is 14.5 Å². The Morgan fingerprint density at radius 2 is 1.71 bits per heavy atom. The van der Waals surface area contributed by atoms with Crippen molar-refractivity contribution in [2.24, 2.45) is 0 Å². The Balaban J connectivity index is 2.28. The van der Waals surface area contributed by atoms with Gasteiger partial charge < -0.3 is 4.84 Å².